The van der Waals surface area contributed by atoms with Gasteiger partial charge in [-0.1, -0.05) is 19.8 Å². The molecular weight excluding hydrogens is 392 g/mol. The van der Waals surface area contributed by atoms with E-state index in [2.05, 4.69) is 45.4 Å². The number of carbonyl (C=O) groups excluding carboxylic acids is 1. The standard InChI is InChI=1S/C24H36N4O3/c1-19-4-2-3-5-23(19)31-15-9-25-24(29)26-21-6-7-22-20(18-21)8-10-28(22)12-11-27-13-16-30-17-14-27/h6-8,10,18-19,23H,2-5,9,11-17H2,1H3,(H2,25,26,29). The van der Waals surface area contributed by atoms with E-state index in [1.807, 2.05) is 12.1 Å². The van der Waals surface area contributed by atoms with Gasteiger partial charge in [-0.2, -0.15) is 0 Å². The van der Waals surface area contributed by atoms with E-state index in [1.165, 1.54) is 24.8 Å². The number of hydrogen-bond acceptors (Lipinski definition) is 4. The SMILES string of the molecule is CC1CCCCC1OCCNC(=O)Nc1ccc2c(ccn2CCN2CCOCC2)c1. The maximum absolute atomic E-state index is 12.2. The Balaban J connectivity index is 1.21. The van der Waals surface area contributed by atoms with Gasteiger partial charge >= 0.3 is 6.03 Å². The van der Waals surface area contributed by atoms with Crippen LogP contribution in [-0.2, 0) is 16.0 Å². The number of morpholine rings is 1. The van der Waals surface area contributed by atoms with E-state index in [0.717, 1.165) is 56.9 Å². The fourth-order valence-corrected chi connectivity index (χ4v) is 4.63. The predicted octanol–water partition coefficient (Wildman–Crippen LogP) is 3.69. The molecule has 2 unspecified atom stereocenters. The first-order valence-electron chi connectivity index (χ1n) is 11.7. The summed E-state index contributed by atoms with van der Waals surface area (Å²) in [4.78, 5) is 14.7. The van der Waals surface area contributed by atoms with Gasteiger partial charge in [0.25, 0.3) is 0 Å². The highest BCUT2D eigenvalue weighted by atomic mass is 16.5. The molecule has 1 aliphatic carbocycles. The average molecular weight is 429 g/mol. The van der Waals surface area contributed by atoms with Crippen molar-refractivity contribution in [2.75, 3.05) is 51.3 Å². The van der Waals surface area contributed by atoms with Gasteiger partial charge in [-0.05, 0) is 43.0 Å². The molecule has 1 aromatic heterocycles. The third-order valence-corrected chi connectivity index (χ3v) is 6.54. The highest BCUT2D eigenvalue weighted by Gasteiger charge is 2.21. The summed E-state index contributed by atoms with van der Waals surface area (Å²) in [5.74, 6) is 0.621. The molecule has 4 rings (SSSR count). The van der Waals surface area contributed by atoms with Gasteiger partial charge in [0, 0.05) is 55.5 Å². The zero-order valence-corrected chi connectivity index (χ0v) is 18.6. The van der Waals surface area contributed by atoms with Crippen molar-refractivity contribution < 1.29 is 14.3 Å². The molecule has 0 spiro atoms. The maximum Gasteiger partial charge on any atom is 0.319 e. The molecule has 1 saturated heterocycles. The number of benzene rings is 1. The Bertz CT molecular complexity index is 846. The number of rotatable bonds is 8. The summed E-state index contributed by atoms with van der Waals surface area (Å²) in [6.45, 7) is 9.00. The van der Waals surface area contributed by atoms with Crippen LogP contribution in [0, 0.1) is 5.92 Å². The Morgan fingerprint density at radius 3 is 2.84 bits per heavy atom. The number of fused-ring (bicyclic) bond motifs is 1. The minimum atomic E-state index is -0.189. The van der Waals surface area contributed by atoms with Gasteiger partial charge in [0.15, 0.2) is 0 Å². The van der Waals surface area contributed by atoms with Crippen LogP contribution in [0.1, 0.15) is 32.6 Å². The van der Waals surface area contributed by atoms with Crippen molar-refractivity contribution in [3.05, 3.63) is 30.5 Å². The first-order chi connectivity index (χ1) is 15.2. The summed E-state index contributed by atoms with van der Waals surface area (Å²) >= 11 is 0. The highest BCUT2D eigenvalue weighted by Crippen LogP contribution is 2.26. The van der Waals surface area contributed by atoms with E-state index in [1.54, 1.807) is 0 Å². The molecule has 2 aromatic rings. The summed E-state index contributed by atoms with van der Waals surface area (Å²) < 4.78 is 13.7. The molecule has 170 valence electrons. The molecule has 2 heterocycles. The normalized spacial score (nSPS) is 22.5. The summed E-state index contributed by atoms with van der Waals surface area (Å²) in [7, 11) is 0. The largest absolute Gasteiger partial charge is 0.379 e. The summed E-state index contributed by atoms with van der Waals surface area (Å²) in [5.41, 5.74) is 1.99. The van der Waals surface area contributed by atoms with Crippen molar-refractivity contribution in [1.29, 1.82) is 0 Å². The number of urea groups is 1. The lowest BCUT2D eigenvalue weighted by molar-refractivity contribution is -0.00232. The Labute approximate surface area is 185 Å². The van der Waals surface area contributed by atoms with Gasteiger partial charge in [0.05, 0.1) is 25.9 Å². The molecule has 31 heavy (non-hydrogen) atoms. The number of nitrogens with one attached hydrogen (secondary N) is 2. The molecule has 1 aromatic carbocycles. The molecule has 2 amide bonds. The molecule has 1 aliphatic heterocycles. The van der Waals surface area contributed by atoms with E-state index in [0.29, 0.717) is 25.2 Å². The third-order valence-electron chi connectivity index (χ3n) is 6.54. The minimum absolute atomic E-state index is 0.189. The van der Waals surface area contributed by atoms with Crippen LogP contribution in [0.2, 0.25) is 0 Å². The quantitative estimate of drug-likeness (QED) is 0.630. The van der Waals surface area contributed by atoms with Crippen LogP contribution in [-0.4, -0.2) is 67.6 Å². The molecular formula is C24H36N4O3. The predicted molar refractivity (Wildman–Crippen MR) is 124 cm³/mol. The van der Waals surface area contributed by atoms with E-state index in [4.69, 9.17) is 9.47 Å². The number of hydrogen-bond donors (Lipinski definition) is 2. The molecule has 2 atom stereocenters. The van der Waals surface area contributed by atoms with E-state index < -0.39 is 0 Å². The summed E-state index contributed by atoms with van der Waals surface area (Å²) in [6, 6.07) is 7.99. The van der Waals surface area contributed by atoms with Gasteiger partial charge in [-0.25, -0.2) is 4.79 Å². The molecule has 7 heteroatoms. The molecule has 0 bridgehead atoms. The van der Waals surface area contributed by atoms with E-state index in [-0.39, 0.29) is 6.03 Å². The fraction of sp³-hybridized carbons (Fsp3) is 0.625. The fourth-order valence-electron chi connectivity index (χ4n) is 4.63. The van der Waals surface area contributed by atoms with E-state index in [9.17, 15) is 4.79 Å². The Kier molecular flexibility index (Phi) is 7.83. The number of ether oxygens (including phenoxy) is 2. The molecule has 2 fully saturated rings. The Hall–Kier alpha value is -2.09. The molecule has 2 aliphatic rings. The number of nitrogens with zero attached hydrogens (tertiary/aromatic N) is 2. The Morgan fingerprint density at radius 2 is 2.00 bits per heavy atom. The van der Waals surface area contributed by atoms with Crippen LogP contribution >= 0.6 is 0 Å². The molecule has 0 radical (unpaired) electrons. The van der Waals surface area contributed by atoms with Gasteiger partial charge in [-0.15, -0.1) is 0 Å². The van der Waals surface area contributed by atoms with Crippen LogP contribution in [0.4, 0.5) is 10.5 Å². The van der Waals surface area contributed by atoms with Crippen LogP contribution < -0.4 is 10.6 Å². The zero-order chi connectivity index (χ0) is 21.5. The maximum atomic E-state index is 12.2. The van der Waals surface area contributed by atoms with Crippen molar-refractivity contribution in [2.24, 2.45) is 5.92 Å². The molecule has 1 saturated carbocycles. The van der Waals surface area contributed by atoms with Gasteiger partial charge < -0.3 is 24.7 Å². The summed E-state index contributed by atoms with van der Waals surface area (Å²) in [5, 5.41) is 6.97. The lowest BCUT2D eigenvalue weighted by Gasteiger charge is -2.28. The monoisotopic (exact) mass is 428 g/mol. The zero-order valence-electron chi connectivity index (χ0n) is 18.6. The average Bonchev–Trinajstić information content (AvgIpc) is 3.19. The third kappa shape index (κ3) is 6.21. The highest BCUT2D eigenvalue weighted by molar-refractivity contribution is 5.92. The van der Waals surface area contributed by atoms with Crippen LogP contribution in [0.5, 0.6) is 0 Å². The first kappa shape index (κ1) is 22.1. The second kappa shape index (κ2) is 11.0. The van der Waals surface area contributed by atoms with Crippen molar-refractivity contribution in [3.63, 3.8) is 0 Å². The minimum Gasteiger partial charge on any atom is -0.379 e. The topological polar surface area (TPSA) is 67.8 Å². The first-order valence-corrected chi connectivity index (χ1v) is 11.7. The van der Waals surface area contributed by atoms with Crippen LogP contribution in [0.25, 0.3) is 10.9 Å². The summed E-state index contributed by atoms with van der Waals surface area (Å²) in [6.07, 6.45) is 7.41. The lowest BCUT2D eigenvalue weighted by atomic mass is 9.88. The van der Waals surface area contributed by atoms with Crippen molar-refractivity contribution in [1.82, 2.24) is 14.8 Å². The van der Waals surface area contributed by atoms with Gasteiger partial charge in [0.2, 0.25) is 0 Å². The molecule has 7 nitrogen and oxygen atoms in total. The second-order valence-corrected chi connectivity index (χ2v) is 8.79. The lowest BCUT2D eigenvalue weighted by Crippen LogP contribution is -2.38. The van der Waals surface area contributed by atoms with E-state index >= 15 is 0 Å². The number of carbonyl (C=O) groups is 1. The second-order valence-electron chi connectivity index (χ2n) is 8.79. The van der Waals surface area contributed by atoms with Crippen molar-refractivity contribution >= 4 is 22.6 Å². The van der Waals surface area contributed by atoms with Crippen molar-refractivity contribution in [2.45, 2.75) is 45.3 Å². The van der Waals surface area contributed by atoms with Crippen molar-refractivity contribution in [3.8, 4) is 0 Å². The number of amides is 2. The smallest absolute Gasteiger partial charge is 0.319 e. The van der Waals surface area contributed by atoms with Gasteiger partial charge in [0.1, 0.15) is 0 Å². The van der Waals surface area contributed by atoms with Crippen LogP contribution in [0.3, 0.4) is 0 Å². The number of aromatic nitrogens is 1. The Morgan fingerprint density at radius 1 is 1.16 bits per heavy atom. The van der Waals surface area contributed by atoms with Gasteiger partial charge in [-0.3, -0.25) is 4.90 Å². The van der Waals surface area contributed by atoms with Crippen LogP contribution in [0.15, 0.2) is 30.5 Å². The number of anilines is 1. The molecule has 2 N–H and O–H groups in total.